The Morgan fingerprint density at radius 3 is 2.54 bits per heavy atom. The van der Waals surface area contributed by atoms with Crippen molar-refractivity contribution in [3.63, 3.8) is 0 Å². The highest BCUT2D eigenvalue weighted by Crippen LogP contribution is 2.23. The third kappa shape index (κ3) is 3.10. The molecule has 2 aliphatic rings. The van der Waals surface area contributed by atoms with Crippen molar-refractivity contribution in [2.24, 2.45) is 0 Å². The second-order valence-electron chi connectivity index (χ2n) is 7.00. The zero-order valence-corrected chi connectivity index (χ0v) is 14.9. The lowest BCUT2D eigenvalue weighted by Crippen LogP contribution is -2.57. The van der Waals surface area contributed by atoms with Gasteiger partial charge in [-0.1, -0.05) is 42.5 Å². The molecule has 134 valence electrons. The highest BCUT2D eigenvalue weighted by molar-refractivity contribution is 5.99. The molecule has 0 bridgehead atoms. The predicted octanol–water partition coefficient (Wildman–Crippen LogP) is 1.88. The molecule has 1 fully saturated rings. The molecule has 5 nitrogen and oxygen atoms in total. The van der Waals surface area contributed by atoms with E-state index in [1.165, 1.54) is 11.1 Å². The molecule has 0 radical (unpaired) electrons. The van der Waals surface area contributed by atoms with Crippen molar-refractivity contribution < 1.29 is 9.59 Å². The molecular weight excluding hydrogens is 326 g/mol. The van der Waals surface area contributed by atoms with Crippen LogP contribution >= 0.6 is 0 Å². The lowest BCUT2D eigenvalue weighted by molar-refractivity contribution is -0.138. The molecule has 4 rings (SSSR count). The predicted molar refractivity (Wildman–Crippen MR) is 101 cm³/mol. The molecule has 1 saturated heterocycles. The number of carbonyl (C=O) groups is 2. The number of benzene rings is 2. The zero-order chi connectivity index (χ0) is 18.1. The molecule has 0 aromatic heterocycles. The highest BCUT2D eigenvalue weighted by Gasteiger charge is 2.33. The van der Waals surface area contributed by atoms with Gasteiger partial charge in [0.25, 0.3) is 0 Å². The van der Waals surface area contributed by atoms with Gasteiger partial charge in [-0.2, -0.15) is 0 Å². The normalized spacial score (nSPS) is 20.0. The fourth-order valence-electron chi connectivity index (χ4n) is 3.83. The van der Waals surface area contributed by atoms with Crippen molar-refractivity contribution in [1.82, 2.24) is 10.2 Å². The number of rotatable bonds is 2. The summed E-state index contributed by atoms with van der Waals surface area (Å²) in [5, 5.41) is 3.32. The first-order valence-electron chi connectivity index (χ1n) is 9.08. The van der Waals surface area contributed by atoms with Crippen molar-refractivity contribution in [3.8, 4) is 0 Å². The van der Waals surface area contributed by atoms with Gasteiger partial charge in [0, 0.05) is 25.3 Å². The van der Waals surface area contributed by atoms with E-state index in [1.807, 2.05) is 43.3 Å². The number of hydrogen-bond donors (Lipinski definition) is 1. The first-order valence-corrected chi connectivity index (χ1v) is 9.08. The lowest BCUT2D eigenvalue weighted by atomic mass is 9.95. The average molecular weight is 349 g/mol. The fraction of sp³-hybridized carbons (Fsp3) is 0.333. The van der Waals surface area contributed by atoms with Crippen LogP contribution in [0.3, 0.4) is 0 Å². The van der Waals surface area contributed by atoms with Gasteiger partial charge in [0.15, 0.2) is 0 Å². The number of amides is 2. The smallest absolute Gasteiger partial charge is 0.246 e. The second-order valence-corrected chi connectivity index (χ2v) is 7.00. The Hall–Kier alpha value is -2.66. The minimum Gasteiger partial charge on any atom is -0.330 e. The lowest BCUT2D eigenvalue weighted by Gasteiger charge is -2.37. The van der Waals surface area contributed by atoms with Crippen LogP contribution in [0, 0.1) is 6.92 Å². The van der Waals surface area contributed by atoms with Crippen LogP contribution in [0.4, 0.5) is 5.69 Å². The number of nitrogens with one attached hydrogen (secondary N) is 1. The minimum absolute atomic E-state index is 0.0184. The van der Waals surface area contributed by atoms with Crippen LogP contribution in [0.2, 0.25) is 0 Å². The van der Waals surface area contributed by atoms with E-state index >= 15 is 0 Å². The van der Waals surface area contributed by atoms with Crippen molar-refractivity contribution >= 4 is 17.5 Å². The average Bonchev–Trinajstić information content (AvgIpc) is 2.67. The zero-order valence-electron chi connectivity index (χ0n) is 14.9. The fourth-order valence-corrected chi connectivity index (χ4v) is 3.83. The van der Waals surface area contributed by atoms with E-state index in [4.69, 9.17) is 0 Å². The van der Waals surface area contributed by atoms with E-state index in [-0.39, 0.29) is 24.4 Å². The molecule has 2 aromatic carbocycles. The van der Waals surface area contributed by atoms with E-state index in [2.05, 4.69) is 17.4 Å². The molecule has 2 heterocycles. The number of carbonyl (C=O) groups excluding carboxylic acids is 2. The number of aryl methyl sites for hydroxylation is 1. The Bertz CT molecular complexity index is 849. The summed E-state index contributed by atoms with van der Waals surface area (Å²) in [5.74, 6) is 0.00685. The van der Waals surface area contributed by atoms with Crippen LogP contribution in [0.15, 0.2) is 48.5 Å². The summed E-state index contributed by atoms with van der Waals surface area (Å²) in [6.45, 7) is 3.96. The summed E-state index contributed by atoms with van der Waals surface area (Å²) in [5.41, 5.74) is 4.48. The van der Waals surface area contributed by atoms with E-state index < -0.39 is 0 Å². The van der Waals surface area contributed by atoms with Gasteiger partial charge in [0.05, 0.1) is 6.04 Å². The maximum atomic E-state index is 12.9. The first kappa shape index (κ1) is 16.8. The van der Waals surface area contributed by atoms with Gasteiger partial charge in [-0.15, -0.1) is 0 Å². The molecule has 1 atom stereocenters. The van der Waals surface area contributed by atoms with Crippen LogP contribution in [-0.4, -0.2) is 42.4 Å². The number of hydrogen-bond acceptors (Lipinski definition) is 3. The summed E-state index contributed by atoms with van der Waals surface area (Å²) < 4.78 is 0. The Kier molecular flexibility index (Phi) is 4.47. The SMILES string of the molecule is Cc1ccccc1N1CCN(C(=O)[C@H]2Cc3ccccc3CN2)CC1=O. The van der Waals surface area contributed by atoms with Gasteiger partial charge < -0.3 is 15.1 Å². The molecular formula is C21H23N3O2. The number of piperazine rings is 1. The maximum Gasteiger partial charge on any atom is 0.246 e. The first-order chi connectivity index (χ1) is 12.6. The highest BCUT2D eigenvalue weighted by atomic mass is 16.2. The van der Waals surface area contributed by atoms with Gasteiger partial charge in [-0.05, 0) is 36.1 Å². The van der Waals surface area contributed by atoms with Crippen molar-refractivity contribution in [2.45, 2.75) is 25.9 Å². The Morgan fingerprint density at radius 1 is 1.04 bits per heavy atom. The van der Waals surface area contributed by atoms with E-state index in [0.29, 0.717) is 26.1 Å². The van der Waals surface area contributed by atoms with Gasteiger partial charge in [-0.3, -0.25) is 9.59 Å². The quantitative estimate of drug-likeness (QED) is 0.901. The standard InChI is InChI=1S/C21H23N3O2/c1-15-6-2-5-9-19(15)24-11-10-23(14-20(24)25)21(26)18-12-16-7-3-4-8-17(16)13-22-18/h2-9,18,22H,10-14H2,1H3/t18-/m1/s1. The molecule has 0 saturated carbocycles. The van der Waals surface area contributed by atoms with Crippen LogP contribution in [0.1, 0.15) is 16.7 Å². The molecule has 5 heteroatoms. The number of fused-ring (bicyclic) bond motifs is 1. The second kappa shape index (κ2) is 6.92. The molecule has 0 unspecified atom stereocenters. The van der Waals surface area contributed by atoms with Gasteiger partial charge in [0.1, 0.15) is 6.54 Å². The summed E-state index contributed by atoms with van der Waals surface area (Å²) in [4.78, 5) is 29.1. The maximum absolute atomic E-state index is 12.9. The number of para-hydroxylation sites is 1. The Balaban J connectivity index is 1.44. The van der Waals surface area contributed by atoms with Crippen molar-refractivity contribution in [1.29, 1.82) is 0 Å². The number of nitrogens with zero attached hydrogens (tertiary/aromatic N) is 2. The molecule has 2 aliphatic heterocycles. The van der Waals surface area contributed by atoms with Crippen molar-refractivity contribution in [2.75, 3.05) is 24.5 Å². The molecule has 0 aliphatic carbocycles. The summed E-state index contributed by atoms with van der Waals surface area (Å²) in [6.07, 6.45) is 0.682. The molecule has 26 heavy (non-hydrogen) atoms. The third-order valence-corrected chi connectivity index (χ3v) is 5.32. The minimum atomic E-state index is -0.247. The van der Waals surface area contributed by atoms with Crippen LogP contribution < -0.4 is 10.2 Å². The third-order valence-electron chi connectivity index (χ3n) is 5.32. The monoisotopic (exact) mass is 349 g/mol. The molecule has 0 spiro atoms. The topological polar surface area (TPSA) is 52.6 Å². The molecule has 2 aromatic rings. The number of anilines is 1. The van der Waals surface area contributed by atoms with Crippen LogP contribution in [0.5, 0.6) is 0 Å². The van der Waals surface area contributed by atoms with E-state index in [9.17, 15) is 9.59 Å². The Morgan fingerprint density at radius 2 is 1.77 bits per heavy atom. The van der Waals surface area contributed by atoms with Gasteiger partial charge >= 0.3 is 0 Å². The van der Waals surface area contributed by atoms with Crippen LogP contribution in [0.25, 0.3) is 0 Å². The van der Waals surface area contributed by atoms with Gasteiger partial charge in [-0.25, -0.2) is 0 Å². The summed E-state index contributed by atoms with van der Waals surface area (Å²) in [6, 6.07) is 15.8. The van der Waals surface area contributed by atoms with Gasteiger partial charge in [0.2, 0.25) is 11.8 Å². The van der Waals surface area contributed by atoms with E-state index in [1.54, 1.807) is 9.80 Å². The summed E-state index contributed by atoms with van der Waals surface area (Å²) in [7, 11) is 0. The summed E-state index contributed by atoms with van der Waals surface area (Å²) >= 11 is 0. The van der Waals surface area contributed by atoms with Crippen molar-refractivity contribution in [3.05, 3.63) is 65.2 Å². The Labute approximate surface area is 153 Å². The molecule has 2 amide bonds. The molecule has 1 N–H and O–H groups in total. The van der Waals surface area contributed by atoms with Crippen LogP contribution in [-0.2, 0) is 22.6 Å². The largest absolute Gasteiger partial charge is 0.330 e. The van der Waals surface area contributed by atoms with E-state index in [0.717, 1.165) is 11.3 Å².